The average Bonchev–Trinajstić information content (AvgIpc) is 1.27. The monoisotopic (exact) mass is 160 g/mol. The summed E-state index contributed by atoms with van der Waals surface area (Å²) in [6.45, 7) is 8.17. The van der Waals surface area contributed by atoms with E-state index >= 15 is 0 Å². The molecule has 0 N–H and O–H groups in total. The molecule has 0 aliphatic carbocycles. The van der Waals surface area contributed by atoms with Gasteiger partial charge in [0.15, 0.2) is 0 Å². The normalized spacial score (nSPS) is 9.75. The van der Waals surface area contributed by atoms with Gasteiger partial charge in [-0.1, -0.05) is 0 Å². The maximum atomic E-state index is 5.25. The van der Waals surface area contributed by atoms with Gasteiger partial charge in [0.1, 0.15) is 0 Å². The van der Waals surface area contributed by atoms with Crippen LogP contribution in [0.3, 0.4) is 0 Å². The van der Waals surface area contributed by atoms with Crippen molar-refractivity contribution in [1.82, 2.24) is 0 Å². The molecular formula is C6H14NiO. The summed E-state index contributed by atoms with van der Waals surface area (Å²) in [7, 11) is 0. The fourth-order valence-electron chi connectivity index (χ4n) is 0.544. The van der Waals surface area contributed by atoms with Gasteiger partial charge in [-0.25, -0.2) is 0 Å². The van der Waals surface area contributed by atoms with Crippen molar-refractivity contribution in [3.63, 3.8) is 0 Å². The second-order valence-electron chi connectivity index (χ2n) is 2.23. The van der Waals surface area contributed by atoms with Gasteiger partial charge < -0.3 is 4.74 Å². The molecular weight excluding hydrogens is 147 g/mol. The zero-order chi connectivity index (χ0) is 5.86. The largest absolute Gasteiger partial charge is 0.376 e. The molecule has 0 unspecified atom stereocenters. The molecule has 0 heterocycles. The smallest absolute Gasteiger partial charge is 0.0522 e. The van der Waals surface area contributed by atoms with Gasteiger partial charge in [0.2, 0.25) is 0 Å². The molecule has 0 radical (unpaired) electrons. The molecule has 0 aromatic rings. The molecule has 0 rings (SSSR count). The predicted octanol–water partition coefficient (Wildman–Crippen LogP) is 1.82. The molecule has 0 fully saturated rings. The van der Waals surface area contributed by atoms with Gasteiger partial charge in [-0.15, -0.1) is 0 Å². The molecule has 0 aromatic heterocycles. The first kappa shape index (κ1) is 11.3. The van der Waals surface area contributed by atoms with E-state index in [-0.39, 0.29) is 16.5 Å². The van der Waals surface area contributed by atoms with Crippen LogP contribution in [-0.4, -0.2) is 12.2 Å². The molecule has 54 valence electrons. The van der Waals surface area contributed by atoms with Crippen LogP contribution in [0.1, 0.15) is 27.7 Å². The van der Waals surface area contributed by atoms with Crippen molar-refractivity contribution in [1.29, 1.82) is 0 Å². The fraction of sp³-hybridized carbons (Fsp3) is 1.00. The van der Waals surface area contributed by atoms with Crippen molar-refractivity contribution in [3.8, 4) is 0 Å². The van der Waals surface area contributed by atoms with Gasteiger partial charge in [-0.05, 0) is 27.7 Å². The minimum absolute atomic E-state index is 0. The Bertz CT molecular complexity index is 37.8. The van der Waals surface area contributed by atoms with Crippen molar-refractivity contribution < 1.29 is 21.2 Å². The number of ether oxygens (including phenoxy) is 1. The van der Waals surface area contributed by atoms with E-state index in [1.165, 1.54) is 0 Å². The Morgan fingerprint density at radius 1 is 0.875 bits per heavy atom. The van der Waals surface area contributed by atoms with E-state index in [4.69, 9.17) is 4.74 Å². The molecule has 2 heteroatoms. The van der Waals surface area contributed by atoms with Crippen molar-refractivity contribution in [3.05, 3.63) is 0 Å². The van der Waals surface area contributed by atoms with Crippen molar-refractivity contribution in [2.75, 3.05) is 0 Å². The van der Waals surface area contributed by atoms with Crippen LogP contribution in [0.5, 0.6) is 0 Å². The van der Waals surface area contributed by atoms with E-state index in [0.29, 0.717) is 12.2 Å². The standard InChI is InChI=1S/C6H14O.Ni/c1-5(2)7-6(3)4;/h5-6H,1-4H3;. The van der Waals surface area contributed by atoms with Crippen LogP contribution in [0.2, 0.25) is 0 Å². The molecule has 0 aliphatic heterocycles. The van der Waals surface area contributed by atoms with Crippen molar-refractivity contribution >= 4 is 0 Å². The van der Waals surface area contributed by atoms with Crippen LogP contribution in [0, 0.1) is 0 Å². The van der Waals surface area contributed by atoms with E-state index in [2.05, 4.69) is 0 Å². The van der Waals surface area contributed by atoms with E-state index in [0.717, 1.165) is 0 Å². The Balaban J connectivity index is 0. The quantitative estimate of drug-likeness (QED) is 0.561. The number of hydrogen-bond donors (Lipinski definition) is 0. The third-order valence-corrected chi connectivity index (χ3v) is 0.544. The minimum atomic E-state index is 0. The second kappa shape index (κ2) is 5.59. The third-order valence-electron chi connectivity index (χ3n) is 0.544. The number of rotatable bonds is 2. The molecule has 0 amide bonds. The van der Waals surface area contributed by atoms with Crippen molar-refractivity contribution in [2.45, 2.75) is 39.9 Å². The molecule has 0 spiro atoms. The van der Waals surface area contributed by atoms with E-state index in [9.17, 15) is 0 Å². The molecule has 0 aliphatic rings. The molecule has 1 nitrogen and oxygen atoms in total. The second-order valence-corrected chi connectivity index (χ2v) is 2.23. The fourth-order valence-corrected chi connectivity index (χ4v) is 0.544. The van der Waals surface area contributed by atoms with Gasteiger partial charge in [0.05, 0.1) is 12.2 Å². The first-order valence-electron chi connectivity index (χ1n) is 2.78. The summed E-state index contributed by atoms with van der Waals surface area (Å²) in [5.74, 6) is 0. The van der Waals surface area contributed by atoms with Crippen LogP contribution in [0.15, 0.2) is 0 Å². The van der Waals surface area contributed by atoms with Crippen LogP contribution in [-0.2, 0) is 21.2 Å². The van der Waals surface area contributed by atoms with E-state index in [1.54, 1.807) is 0 Å². The molecule has 0 bridgehead atoms. The Morgan fingerprint density at radius 3 is 1.12 bits per heavy atom. The summed E-state index contributed by atoms with van der Waals surface area (Å²) in [6, 6.07) is 0. The SMILES string of the molecule is CC(C)OC(C)C.[Ni]. The number of hydrogen-bond acceptors (Lipinski definition) is 1. The molecule has 0 aromatic carbocycles. The first-order chi connectivity index (χ1) is 3.13. The summed E-state index contributed by atoms with van der Waals surface area (Å²) in [4.78, 5) is 0. The summed E-state index contributed by atoms with van der Waals surface area (Å²) in [5.41, 5.74) is 0. The van der Waals surface area contributed by atoms with Crippen molar-refractivity contribution in [2.24, 2.45) is 0 Å². The summed E-state index contributed by atoms with van der Waals surface area (Å²) in [5, 5.41) is 0. The van der Waals surface area contributed by atoms with Gasteiger partial charge >= 0.3 is 0 Å². The Morgan fingerprint density at radius 2 is 1.12 bits per heavy atom. The van der Waals surface area contributed by atoms with Crippen LogP contribution in [0.25, 0.3) is 0 Å². The van der Waals surface area contributed by atoms with Crippen LogP contribution in [0.4, 0.5) is 0 Å². The van der Waals surface area contributed by atoms with Gasteiger partial charge in [-0.2, -0.15) is 0 Å². The zero-order valence-electron chi connectivity index (χ0n) is 5.88. The first-order valence-corrected chi connectivity index (χ1v) is 2.78. The minimum Gasteiger partial charge on any atom is -0.376 e. The summed E-state index contributed by atoms with van der Waals surface area (Å²) in [6.07, 6.45) is 0.750. The van der Waals surface area contributed by atoms with Crippen LogP contribution >= 0.6 is 0 Å². The third kappa shape index (κ3) is 9.68. The van der Waals surface area contributed by atoms with E-state index < -0.39 is 0 Å². The Kier molecular flexibility index (Phi) is 7.88. The summed E-state index contributed by atoms with van der Waals surface area (Å²) >= 11 is 0. The summed E-state index contributed by atoms with van der Waals surface area (Å²) < 4.78 is 5.25. The topological polar surface area (TPSA) is 9.23 Å². The zero-order valence-corrected chi connectivity index (χ0v) is 6.87. The van der Waals surface area contributed by atoms with Crippen LogP contribution < -0.4 is 0 Å². The molecule has 8 heavy (non-hydrogen) atoms. The Hall–Kier alpha value is 0.454. The average molecular weight is 161 g/mol. The molecule has 0 atom stereocenters. The van der Waals surface area contributed by atoms with Gasteiger partial charge in [-0.3, -0.25) is 0 Å². The van der Waals surface area contributed by atoms with Gasteiger partial charge in [0, 0.05) is 16.5 Å². The molecule has 0 saturated carbocycles. The Labute approximate surface area is 61.7 Å². The molecule has 0 saturated heterocycles. The van der Waals surface area contributed by atoms with Gasteiger partial charge in [0.25, 0.3) is 0 Å². The maximum Gasteiger partial charge on any atom is 0.0522 e. The predicted molar refractivity (Wildman–Crippen MR) is 31.4 cm³/mol. The maximum absolute atomic E-state index is 5.25. The van der Waals surface area contributed by atoms with E-state index in [1.807, 2.05) is 27.7 Å².